The SMILES string of the molecule is O=Cc1nc2c3nc(C=O)c(C=O)nc3c3nc(C=O)c(C=O)nc3c2nc1C=O. The van der Waals surface area contributed by atoms with Crippen LogP contribution >= 0.6 is 0 Å². The second kappa shape index (κ2) is 7.01. The third-order valence-electron chi connectivity index (χ3n) is 4.20. The number of aldehydes is 6. The summed E-state index contributed by atoms with van der Waals surface area (Å²) in [7, 11) is 0. The van der Waals surface area contributed by atoms with Gasteiger partial charge in [0.1, 0.15) is 67.3 Å². The molecule has 0 radical (unpaired) electrons. The molecule has 4 rings (SSSR count). The largest absolute Gasteiger partial charge is 0.296 e. The van der Waals surface area contributed by atoms with Gasteiger partial charge in [0, 0.05) is 0 Å². The Balaban J connectivity index is 2.39. The first-order valence-electron chi connectivity index (χ1n) is 8.08. The van der Waals surface area contributed by atoms with Gasteiger partial charge in [0.15, 0.2) is 37.7 Å². The Morgan fingerprint density at radius 2 is 0.433 bits per heavy atom. The maximum atomic E-state index is 11.3. The highest BCUT2D eigenvalue weighted by atomic mass is 16.1. The Labute approximate surface area is 164 Å². The van der Waals surface area contributed by atoms with Crippen LogP contribution in [0.2, 0.25) is 0 Å². The summed E-state index contributed by atoms with van der Waals surface area (Å²) in [6.45, 7) is 0. The van der Waals surface area contributed by atoms with Crippen LogP contribution in [0.1, 0.15) is 62.9 Å². The van der Waals surface area contributed by atoms with E-state index >= 15 is 0 Å². The first-order chi connectivity index (χ1) is 14.6. The molecular weight excluding hydrogens is 396 g/mol. The van der Waals surface area contributed by atoms with Crippen LogP contribution in [-0.4, -0.2) is 67.6 Å². The Morgan fingerprint density at radius 3 is 0.533 bits per heavy atom. The quantitative estimate of drug-likeness (QED) is 0.320. The number of carbonyl (C=O) groups is 6. The summed E-state index contributed by atoms with van der Waals surface area (Å²) >= 11 is 0. The van der Waals surface area contributed by atoms with E-state index < -0.39 is 0 Å². The molecule has 12 heteroatoms. The smallest absolute Gasteiger partial charge is 0.170 e. The van der Waals surface area contributed by atoms with Crippen molar-refractivity contribution < 1.29 is 28.8 Å². The molecule has 3 aromatic heterocycles. The van der Waals surface area contributed by atoms with Gasteiger partial charge in [-0.15, -0.1) is 0 Å². The van der Waals surface area contributed by atoms with Crippen molar-refractivity contribution >= 4 is 70.8 Å². The van der Waals surface area contributed by atoms with Gasteiger partial charge in [-0.2, -0.15) is 0 Å². The fourth-order valence-electron chi connectivity index (χ4n) is 2.90. The molecule has 0 aliphatic carbocycles. The van der Waals surface area contributed by atoms with Crippen molar-refractivity contribution in [1.82, 2.24) is 29.9 Å². The number of aromatic nitrogens is 6. The van der Waals surface area contributed by atoms with Crippen molar-refractivity contribution in [3.63, 3.8) is 0 Å². The minimum absolute atomic E-state index is 0.0664. The molecular formula is C18H6N6O6. The lowest BCUT2D eigenvalue weighted by Gasteiger charge is -2.10. The summed E-state index contributed by atoms with van der Waals surface area (Å²) in [6.07, 6.45) is 1.82. The zero-order chi connectivity index (χ0) is 21.4. The first-order valence-corrected chi connectivity index (χ1v) is 8.08. The van der Waals surface area contributed by atoms with Crippen molar-refractivity contribution in [2.45, 2.75) is 0 Å². The van der Waals surface area contributed by atoms with Gasteiger partial charge < -0.3 is 0 Å². The van der Waals surface area contributed by atoms with Crippen molar-refractivity contribution in [2.75, 3.05) is 0 Å². The van der Waals surface area contributed by atoms with Crippen LogP contribution in [-0.2, 0) is 0 Å². The average Bonchev–Trinajstić information content (AvgIpc) is 2.81. The van der Waals surface area contributed by atoms with Crippen LogP contribution < -0.4 is 0 Å². The Bertz CT molecular complexity index is 1150. The number of fused-ring (bicyclic) bond motifs is 6. The van der Waals surface area contributed by atoms with E-state index in [9.17, 15) is 28.8 Å². The van der Waals surface area contributed by atoms with Crippen molar-refractivity contribution in [3.8, 4) is 0 Å². The lowest BCUT2D eigenvalue weighted by Crippen LogP contribution is -2.08. The highest BCUT2D eigenvalue weighted by molar-refractivity contribution is 6.19. The molecule has 0 unspecified atom stereocenters. The Kier molecular flexibility index (Phi) is 4.35. The molecule has 1 aromatic carbocycles. The van der Waals surface area contributed by atoms with Crippen LogP contribution in [0.4, 0.5) is 0 Å². The molecule has 4 aromatic rings. The molecule has 0 atom stereocenters. The molecule has 144 valence electrons. The van der Waals surface area contributed by atoms with E-state index in [-0.39, 0.29) is 67.3 Å². The fourth-order valence-corrected chi connectivity index (χ4v) is 2.90. The summed E-state index contributed by atoms with van der Waals surface area (Å²) < 4.78 is 0. The normalized spacial score (nSPS) is 10.8. The van der Waals surface area contributed by atoms with Gasteiger partial charge in [-0.1, -0.05) is 0 Å². The minimum Gasteiger partial charge on any atom is -0.296 e. The predicted molar refractivity (Wildman–Crippen MR) is 98.1 cm³/mol. The molecule has 12 nitrogen and oxygen atoms in total. The summed E-state index contributed by atoms with van der Waals surface area (Å²) in [5, 5.41) is 0. The summed E-state index contributed by atoms with van der Waals surface area (Å²) in [5.74, 6) is 0. The van der Waals surface area contributed by atoms with Gasteiger partial charge in [-0.3, -0.25) is 28.8 Å². The van der Waals surface area contributed by atoms with Crippen LogP contribution in [0.25, 0.3) is 33.1 Å². The van der Waals surface area contributed by atoms with Gasteiger partial charge >= 0.3 is 0 Å². The average molecular weight is 402 g/mol. The predicted octanol–water partition coefficient (Wildman–Crippen LogP) is 0.391. The van der Waals surface area contributed by atoms with Crippen LogP contribution in [0.3, 0.4) is 0 Å². The second-order valence-corrected chi connectivity index (χ2v) is 5.78. The Morgan fingerprint density at radius 1 is 0.300 bits per heavy atom. The number of benzene rings is 1. The van der Waals surface area contributed by atoms with E-state index in [2.05, 4.69) is 29.9 Å². The molecule has 0 N–H and O–H groups in total. The molecule has 0 bridgehead atoms. The van der Waals surface area contributed by atoms with E-state index in [1.54, 1.807) is 0 Å². The monoisotopic (exact) mass is 402 g/mol. The van der Waals surface area contributed by atoms with E-state index in [4.69, 9.17) is 0 Å². The van der Waals surface area contributed by atoms with Gasteiger partial charge in [-0.25, -0.2) is 29.9 Å². The number of hydrogen-bond acceptors (Lipinski definition) is 12. The number of nitrogens with zero attached hydrogens (tertiary/aromatic N) is 6. The van der Waals surface area contributed by atoms with Gasteiger partial charge in [0.25, 0.3) is 0 Å². The molecule has 0 saturated heterocycles. The van der Waals surface area contributed by atoms with E-state index in [1.807, 2.05) is 0 Å². The van der Waals surface area contributed by atoms with Crippen molar-refractivity contribution in [2.24, 2.45) is 0 Å². The highest BCUT2D eigenvalue weighted by Crippen LogP contribution is 2.30. The van der Waals surface area contributed by atoms with E-state index in [0.29, 0.717) is 37.7 Å². The lowest BCUT2D eigenvalue weighted by molar-refractivity contribution is 0.108. The molecule has 3 heterocycles. The second-order valence-electron chi connectivity index (χ2n) is 5.78. The molecule has 0 aliphatic rings. The minimum atomic E-state index is -0.305. The first kappa shape index (κ1) is 18.6. The molecule has 0 spiro atoms. The molecule has 0 aliphatic heterocycles. The van der Waals surface area contributed by atoms with Crippen molar-refractivity contribution in [1.29, 1.82) is 0 Å². The maximum Gasteiger partial charge on any atom is 0.170 e. The van der Waals surface area contributed by atoms with E-state index in [0.717, 1.165) is 0 Å². The summed E-state index contributed by atoms with van der Waals surface area (Å²) in [4.78, 5) is 92.4. The number of carbonyl (C=O) groups excluding carboxylic acids is 6. The summed E-state index contributed by atoms with van der Waals surface area (Å²) in [5.41, 5.74) is -2.23. The molecule has 0 fully saturated rings. The standard InChI is InChI=1S/C18H6N6O6/c25-1-7-8(2-26)20-14-13(19-7)15-17(23-10(4-28)9(3-27)21-15)18-16(14)22-11(5-29)12(6-30)24-18/h1-6H. The number of rotatable bonds is 6. The lowest BCUT2D eigenvalue weighted by atomic mass is 10.1. The topological polar surface area (TPSA) is 180 Å². The van der Waals surface area contributed by atoms with Crippen LogP contribution in [0.5, 0.6) is 0 Å². The van der Waals surface area contributed by atoms with Gasteiger partial charge in [0.2, 0.25) is 0 Å². The molecule has 0 amide bonds. The third kappa shape index (κ3) is 2.55. The zero-order valence-electron chi connectivity index (χ0n) is 14.6. The van der Waals surface area contributed by atoms with Gasteiger partial charge in [-0.05, 0) is 0 Å². The van der Waals surface area contributed by atoms with Crippen LogP contribution in [0, 0.1) is 0 Å². The number of hydrogen-bond donors (Lipinski definition) is 0. The third-order valence-corrected chi connectivity index (χ3v) is 4.20. The maximum absolute atomic E-state index is 11.3. The molecule has 30 heavy (non-hydrogen) atoms. The van der Waals surface area contributed by atoms with E-state index in [1.165, 1.54) is 0 Å². The molecule has 0 saturated carbocycles. The zero-order valence-corrected chi connectivity index (χ0v) is 14.6. The van der Waals surface area contributed by atoms with Crippen molar-refractivity contribution in [3.05, 3.63) is 34.2 Å². The van der Waals surface area contributed by atoms with Crippen LogP contribution in [0.15, 0.2) is 0 Å². The fraction of sp³-hybridized carbons (Fsp3) is 0. The summed E-state index contributed by atoms with van der Waals surface area (Å²) in [6, 6.07) is 0. The van der Waals surface area contributed by atoms with Gasteiger partial charge in [0.05, 0.1) is 0 Å². The Hall–Kier alpha value is -4.74. The highest BCUT2D eigenvalue weighted by Gasteiger charge is 2.22.